The Morgan fingerprint density at radius 3 is 2.65 bits per heavy atom. The molecule has 1 aromatic carbocycles. The summed E-state index contributed by atoms with van der Waals surface area (Å²) in [6, 6.07) is 6.94. The number of rotatable bonds is 6. The summed E-state index contributed by atoms with van der Waals surface area (Å²) in [5.74, 6) is 0.105. The summed E-state index contributed by atoms with van der Waals surface area (Å²) < 4.78 is 23.9. The Kier molecular flexibility index (Phi) is 5.15. The molecule has 1 unspecified atom stereocenters. The molecular formula is C13H20O3S. The standard InChI is InChI=1S/C13H20O3S/c1-3-12(14)7-5-9-17(15,16)13-8-4-6-11(2)10-13/h4,6,8,10,12,14H,3,5,7,9H2,1-2H3. The third-order valence-corrected chi connectivity index (χ3v) is 4.57. The van der Waals surface area contributed by atoms with Crippen LogP contribution in [0.4, 0.5) is 0 Å². The lowest BCUT2D eigenvalue weighted by atomic mass is 10.2. The summed E-state index contributed by atoms with van der Waals surface area (Å²) in [5, 5.41) is 9.37. The van der Waals surface area contributed by atoms with Gasteiger partial charge < -0.3 is 5.11 Å². The molecule has 96 valence electrons. The fourth-order valence-electron chi connectivity index (χ4n) is 1.64. The van der Waals surface area contributed by atoms with Crippen LogP contribution in [-0.2, 0) is 9.84 Å². The fraction of sp³-hybridized carbons (Fsp3) is 0.538. The Morgan fingerprint density at radius 2 is 2.06 bits per heavy atom. The van der Waals surface area contributed by atoms with Crippen LogP contribution in [0.3, 0.4) is 0 Å². The zero-order chi connectivity index (χ0) is 12.9. The van der Waals surface area contributed by atoms with Gasteiger partial charge >= 0.3 is 0 Å². The van der Waals surface area contributed by atoms with E-state index < -0.39 is 9.84 Å². The largest absolute Gasteiger partial charge is 0.393 e. The van der Waals surface area contributed by atoms with Crippen molar-refractivity contribution in [3.8, 4) is 0 Å². The zero-order valence-electron chi connectivity index (χ0n) is 10.4. The van der Waals surface area contributed by atoms with Gasteiger partial charge in [-0.3, -0.25) is 0 Å². The molecule has 1 atom stereocenters. The van der Waals surface area contributed by atoms with Gasteiger partial charge in [-0.05, 0) is 43.9 Å². The first-order chi connectivity index (χ1) is 7.95. The van der Waals surface area contributed by atoms with E-state index in [2.05, 4.69) is 0 Å². The first-order valence-corrected chi connectivity index (χ1v) is 7.58. The second-order valence-corrected chi connectivity index (χ2v) is 6.45. The maximum atomic E-state index is 12.0. The van der Waals surface area contributed by atoms with Crippen molar-refractivity contribution < 1.29 is 13.5 Å². The highest BCUT2D eigenvalue weighted by molar-refractivity contribution is 7.91. The van der Waals surface area contributed by atoms with E-state index in [0.717, 1.165) is 5.56 Å². The molecule has 0 aliphatic rings. The second kappa shape index (κ2) is 6.17. The summed E-state index contributed by atoms with van der Waals surface area (Å²) in [5.41, 5.74) is 0.944. The predicted octanol–water partition coefficient (Wildman–Crippen LogP) is 2.32. The van der Waals surface area contributed by atoms with Gasteiger partial charge in [0.25, 0.3) is 0 Å². The van der Waals surface area contributed by atoms with Crippen LogP contribution in [0.25, 0.3) is 0 Å². The van der Waals surface area contributed by atoms with E-state index in [9.17, 15) is 13.5 Å². The Hall–Kier alpha value is -0.870. The monoisotopic (exact) mass is 256 g/mol. The highest BCUT2D eigenvalue weighted by atomic mass is 32.2. The molecule has 0 aliphatic carbocycles. The van der Waals surface area contributed by atoms with Crippen molar-refractivity contribution in [2.45, 2.75) is 44.1 Å². The number of sulfone groups is 1. The van der Waals surface area contributed by atoms with Crippen molar-refractivity contribution in [1.29, 1.82) is 0 Å². The van der Waals surface area contributed by atoms with Crippen LogP contribution in [0, 0.1) is 6.92 Å². The quantitative estimate of drug-likeness (QED) is 0.850. The molecule has 4 heteroatoms. The van der Waals surface area contributed by atoms with E-state index in [1.165, 1.54) is 0 Å². The van der Waals surface area contributed by atoms with Gasteiger partial charge in [0.2, 0.25) is 0 Å². The van der Waals surface area contributed by atoms with Crippen LogP contribution in [0.1, 0.15) is 31.7 Å². The van der Waals surface area contributed by atoms with E-state index in [1.807, 2.05) is 19.9 Å². The molecular weight excluding hydrogens is 236 g/mol. The average Bonchev–Trinajstić information content (AvgIpc) is 2.28. The second-order valence-electron chi connectivity index (χ2n) is 4.34. The van der Waals surface area contributed by atoms with Gasteiger partial charge in [0.1, 0.15) is 0 Å². The first kappa shape index (κ1) is 14.2. The number of aliphatic hydroxyl groups excluding tert-OH is 1. The molecule has 1 rings (SSSR count). The van der Waals surface area contributed by atoms with Gasteiger partial charge in [-0.15, -0.1) is 0 Å². The highest BCUT2D eigenvalue weighted by Gasteiger charge is 2.14. The van der Waals surface area contributed by atoms with Gasteiger partial charge in [-0.1, -0.05) is 19.1 Å². The van der Waals surface area contributed by atoms with Crippen LogP contribution in [-0.4, -0.2) is 25.4 Å². The van der Waals surface area contributed by atoms with Gasteiger partial charge in [0.15, 0.2) is 9.84 Å². The smallest absolute Gasteiger partial charge is 0.178 e. The van der Waals surface area contributed by atoms with Gasteiger partial charge in [0, 0.05) is 0 Å². The molecule has 0 saturated heterocycles. The third-order valence-electron chi connectivity index (χ3n) is 2.77. The molecule has 3 nitrogen and oxygen atoms in total. The molecule has 0 fully saturated rings. The van der Waals surface area contributed by atoms with Crippen molar-refractivity contribution in [2.24, 2.45) is 0 Å². The summed E-state index contributed by atoms with van der Waals surface area (Å²) in [4.78, 5) is 0.378. The molecule has 0 amide bonds. The average molecular weight is 256 g/mol. The number of hydrogen-bond donors (Lipinski definition) is 1. The molecule has 17 heavy (non-hydrogen) atoms. The van der Waals surface area contributed by atoms with Crippen LogP contribution < -0.4 is 0 Å². The summed E-state index contributed by atoms with van der Waals surface area (Å²) in [7, 11) is -3.20. The van der Waals surface area contributed by atoms with Gasteiger partial charge in [0.05, 0.1) is 16.8 Å². The minimum absolute atomic E-state index is 0.105. The summed E-state index contributed by atoms with van der Waals surface area (Å²) >= 11 is 0. The Balaban J connectivity index is 2.63. The molecule has 0 saturated carbocycles. The SMILES string of the molecule is CCC(O)CCCS(=O)(=O)c1cccc(C)c1. The number of hydrogen-bond acceptors (Lipinski definition) is 3. The van der Waals surface area contributed by atoms with Crippen LogP contribution in [0.2, 0.25) is 0 Å². The predicted molar refractivity (Wildman–Crippen MR) is 68.8 cm³/mol. The van der Waals surface area contributed by atoms with E-state index in [0.29, 0.717) is 24.2 Å². The lowest BCUT2D eigenvalue weighted by Crippen LogP contribution is -2.11. The zero-order valence-corrected chi connectivity index (χ0v) is 11.2. The summed E-state index contributed by atoms with van der Waals surface area (Å²) in [6.07, 6.45) is 1.33. The molecule has 1 aromatic rings. The minimum atomic E-state index is -3.20. The van der Waals surface area contributed by atoms with Crippen LogP contribution in [0.15, 0.2) is 29.2 Å². The normalized spacial score (nSPS) is 13.6. The number of aryl methyl sites for hydroxylation is 1. The molecule has 0 aromatic heterocycles. The van der Waals surface area contributed by atoms with E-state index in [-0.39, 0.29) is 11.9 Å². The molecule has 0 heterocycles. The van der Waals surface area contributed by atoms with Crippen molar-refractivity contribution in [2.75, 3.05) is 5.75 Å². The van der Waals surface area contributed by atoms with Crippen LogP contribution in [0.5, 0.6) is 0 Å². The Morgan fingerprint density at radius 1 is 1.35 bits per heavy atom. The maximum Gasteiger partial charge on any atom is 0.178 e. The van der Waals surface area contributed by atoms with E-state index in [4.69, 9.17) is 0 Å². The maximum absolute atomic E-state index is 12.0. The topological polar surface area (TPSA) is 54.4 Å². The minimum Gasteiger partial charge on any atom is -0.393 e. The van der Waals surface area contributed by atoms with E-state index in [1.54, 1.807) is 18.2 Å². The van der Waals surface area contributed by atoms with Crippen molar-refractivity contribution in [3.05, 3.63) is 29.8 Å². The number of aliphatic hydroxyl groups is 1. The molecule has 0 aliphatic heterocycles. The highest BCUT2D eigenvalue weighted by Crippen LogP contribution is 2.15. The molecule has 1 N–H and O–H groups in total. The van der Waals surface area contributed by atoms with Gasteiger partial charge in [-0.25, -0.2) is 8.42 Å². The Labute approximate surface area is 103 Å². The van der Waals surface area contributed by atoms with Gasteiger partial charge in [-0.2, -0.15) is 0 Å². The van der Waals surface area contributed by atoms with E-state index >= 15 is 0 Å². The lowest BCUT2D eigenvalue weighted by Gasteiger charge is -2.08. The van der Waals surface area contributed by atoms with Crippen molar-refractivity contribution >= 4 is 9.84 Å². The van der Waals surface area contributed by atoms with Crippen molar-refractivity contribution in [1.82, 2.24) is 0 Å². The number of benzene rings is 1. The molecule has 0 radical (unpaired) electrons. The molecule has 0 spiro atoms. The summed E-state index contributed by atoms with van der Waals surface area (Å²) in [6.45, 7) is 3.76. The third kappa shape index (κ3) is 4.48. The van der Waals surface area contributed by atoms with Crippen LogP contribution >= 0.6 is 0 Å². The first-order valence-electron chi connectivity index (χ1n) is 5.93. The fourth-order valence-corrected chi connectivity index (χ4v) is 3.07. The molecule has 0 bridgehead atoms. The van der Waals surface area contributed by atoms with Crippen molar-refractivity contribution in [3.63, 3.8) is 0 Å². The lowest BCUT2D eigenvalue weighted by molar-refractivity contribution is 0.159. The Bertz CT molecular complexity index is 451.